The Morgan fingerprint density at radius 3 is 2.84 bits per heavy atom. The highest BCUT2D eigenvalue weighted by Crippen LogP contribution is 2.22. The van der Waals surface area contributed by atoms with Gasteiger partial charge in [-0.3, -0.25) is 14.5 Å². The first-order valence-corrected chi connectivity index (χ1v) is 9.71. The lowest BCUT2D eigenvalue weighted by molar-refractivity contribution is -0.131. The second-order valence-electron chi connectivity index (χ2n) is 5.92. The molecule has 0 radical (unpaired) electrons. The van der Waals surface area contributed by atoms with Gasteiger partial charge in [0.05, 0.1) is 4.90 Å². The van der Waals surface area contributed by atoms with E-state index in [2.05, 4.69) is 15.0 Å². The van der Waals surface area contributed by atoms with Crippen molar-refractivity contribution in [3.05, 3.63) is 29.8 Å². The SMILES string of the molecule is Cl.O=C(CCCN=C1NS(=O)(=O)c2ccccc21)N1CCCNCC1. The van der Waals surface area contributed by atoms with Gasteiger partial charge in [0.15, 0.2) is 0 Å². The maximum atomic E-state index is 12.2. The molecule has 2 heterocycles. The first-order valence-electron chi connectivity index (χ1n) is 8.23. The third-order valence-corrected chi connectivity index (χ3v) is 5.57. The van der Waals surface area contributed by atoms with Gasteiger partial charge in [0.2, 0.25) is 5.91 Å². The van der Waals surface area contributed by atoms with Gasteiger partial charge < -0.3 is 10.2 Å². The molecule has 0 aromatic heterocycles. The predicted octanol–water partition coefficient (Wildman–Crippen LogP) is 0.749. The van der Waals surface area contributed by atoms with Gasteiger partial charge in [0.1, 0.15) is 5.84 Å². The molecule has 2 aliphatic heterocycles. The maximum absolute atomic E-state index is 12.2. The number of nitrogens with one attached hydrogen (secondary N) is 2. The van der Waals surface area contributed by atoms with Crippen molar-refractivity contribution in [3.8, 4) is 0 Å². The van der Waals surface area contributed by atoms with E-state index in [4.69, 9.17) is 0 Å². The van der Waals surface area contributed by atoms with Crippen LogP contribution in [-0.4, -0.2) is 57.8 Å². The average Bonchev–Trinajstić information content (AvgIpc) is 2.76. The van der Waals surface area contributed by atoms with Crippen LogP contribution in [0.4, 0.5) is 0 Å². The number of nitrogens with zero attached hydrogens (tertiary/aromatic N) is 2. The molecular weight excluding hydrogens is 364 g/mol. The number of carbonyl (C=O) groups excluding carboxylic acids is 1. The first kappa shape index (κ1) is 19.7. The zero-order valence-corrected chi connectivity index (χ0v) is 15.5. The molecule has 138 valence electrons. The molecule has 7 nitrogen and oxygen atoms in total. The van der Waals surface area contributed by atoms with Crippen molar-refractivity contribution in [1.29, 1.82) is 0 Å². The van der Waals surface area contributed by atoms with Gasteiger partial charge in [-0.25, -0.2) is 8.42 Å². The van der Waals surface area contributed by atoms with Crippen LogP contribution in [0.5, 0.6) is 0 Å². The molecule has 3 rings (SSSR count). The molecule has 0 atom stereocenters. The topological polar surface area (TPSA) is 90.9 Å². The van der Waals surface area contributed by atoms with E-state index in [9.17, 15) is 13.2 Å². The minimum Gasteiger partial charge on any atom is -0.341 e. The number of aliphatic imine (C=N–C) groups is 1. The van der Waals surface area contributed by atoms with Gasteiger partial charge in [0.25, 0.3) is 10.0 Å². The average molecular weight is 387 g/mol. The van der Waals surface area contributed by atoms with Crippen LogP contribution in [0.2, 0.25) is 0 Å². The monoisotopic (exact) mass is 386 g/mol. The lowest BCUT2D eigenvalue weighted by Crippen LogP contribution is -2.34. The summed E-state index contributed by atoms with van der Waals surface area (Å²) in [5.41, 5.74) is 0.599. The second kappa shape index (κ2) is 8.64. The summed E-state index contributed by atoms with van der Waals surface area (Å²) >= 11 is 0. The van der Waals surface area contributed by atoms with Crippen LogP contribution < -0.4 is 10.0 Å². The summed E-state index contributed by atoms with van der Waals surface area (Å²) in [7, 11) is -3.49. The number of hydrogen-bond donors (Lipinski definition) is 2. The number of amidine groups is 1. The molecule has 1 amide bonds. The van der Waals surface area contributed by atoms with Gasteiger partial charge in [-0.05, 0) is 31.5 Å². The predicted molar refractivity (Wildman–Crippen MR) is 98.7 cm³/mol. The van der Waals surface area contributed by atoms with Crippen molar-refractivity contribution in [3.63, 3.8) is 0 Å². The minimum atomic E-state index is -3.49. The number of sulfonamides is 1. The molecule has 1 aromatic rings. The summed E-state index contributed by atoms with van der Waals surface area (Å²) in [4.78, 5) is 18.7. The Morgan fingerprint density at radius 2 is 2.00 bits per heavy atom. The molecule has 0 spiro atoms. The number of halogens is 1. The Morgan fingerprint density at radius 1 is 1.20 bits per heavy atom. The Kier molecular flexibility index (Phi) is 6.80. The van der Waals surface area contributed by atoms with Gasteiger partial charge >= 0.3 is 0 Å². The van der Waals surface area contributed by atoms with Crippen molar-refractivity contribution < 1.29 is 13.2 Å². The smallest absolute Gasteiger partial charge is 0.263 e. The molecule has 0 unspecified atom stereocenters. The third kappa shape index (κ3) is 4.71. The molecule has 1 fully saturated rings. The summed E-state index contributed by atoms with van der Waals surface area (Å²) in [5, 5.41) is 3.27. The summed E-state index contributed by atoms with van der Waals surface area (Å²) < 4.78 is 26.4. The van der Waals surface area contributed by atoms with E-state index < -0.39 is 10.0 Å². The second-order valence-corrected chi connectivity index (χ2v) is 7.57. The van der Waals surface area contributed by atoms with E-state index in [0.29, 0.717) is 30.8 Å². The maximum Gasteiger partial charge on any atom is 0.263 e. The number of amides is 1. The van der Waals surface area contributed by atoms with E-state index in [1.165, 1.54) is 0 Å². The molecule has 2 N–H and O–H groups in total. The van der Waals surface area contributed by atoms with Gasteiger partial charge in [-0.1, -0.05) is 12.1 Å². The van der Waals surface area contributed by atoms with Crippen LogP contribution >= 0.6 is 12.4 Å². The quantitative estimate of drug-likeness (QED) is 0.747. The lowest BCUT2D eigenvalue weighted by Gasteiger charge is -2.19. The Bertz CT molecular complexity index is 744. The summed E-state index contributed by atoms with van der Waals surface area (Å²) in [6, 6.07) is 6.78. The van der Waals surface area contributed by atoms with Crippen molar-refractivity contribution in [2.75, 3.05) is 32.7 Å². The minimum absolute atomic E-state index is 0. The van der Waals surface area contributed by atoms with E-state index in [-0.39, 0.29) is 23.2 Å². The zero-order chi connectivity index (χ0) is 17.0. The number of hydrogen-bond acceptors (Lipinski definition) is 5. The summed E-state index contributed by atoms with van der Waals surface area (Å²) in [6.45, 7) is 3.77. The molecule has 1 saturated heterocycles. The van der Waals surface area contributed by atoms with E-state index in [0.717, 1.165) is 32.6 Å². The van der Waals surface area contributed by atoms with Crippen LogP contribution in [0.15, 0.2) is 34.2 Å². The van der Waals surface area contributed by atoms with E-state index in [1.807, 2.05) is 4.90 Å². The molecule has 0 bridgehead atoms. The largest absolute Gasteiger partial charge is 0.341 e. The fourth-order valence-electron chi connectivity index (χ4n) is 2.93. The summed E-state index contributed by atoms with van der Waals surface area (Å²) in [5.74, 6) is 0.517. The third-order valence-electron chi connectivity index (χ3n) is 4.17. The van der Waals surface area contributed by atoms with Crippen LogP contribution in [0.3, 0.4) is 0 Å². The van der Waals surface area contributed by atoms with Crippen LogP contribution in [0.1, 0.15) is 24.8 Å². The highest BCUT2D eigenvalue weighted by Gasteiger charge is 2.29. The van der Waals surface area contributed by atoms with Crippen molar-refractivity contribution in [1.82, 2.24) is 14.9 Å². The standard InChI is InChI=1S/C16H22N4O3S.ClH/c21-15(20-11-4-8-17-10-12-20)7-3-9-18-16-13-5-1-2-6-14(13)24(22,23)19-16;/h1-2,5-6,17H,3-4,7-12H2,(H,18,19);1H. The molecule has 25 heavy (non-hydrogen) atoms. The number of carbonyl (C=O) groups is 1. The van der Waals surface area contributed by atoms with Crippen LogP contribution in [0, 0.1) is 0 Å². The number of benzene rings is 1. The molecule has 9 heteroatoms. The van der Waals surface area contributed by atoms with Crippen LogP contribution in [-0.2, 0) is 14.8 Å². The normalized spacial score (nSPS) is 20.3. The molecule has 1 aromatic carbocycles. The Balaban J connectivity index is 0.00000225. The van der Waals surface area contributed by atoms with Crippen molar-refractivity contribution in [2.24, 2.45) is 4.99 Å². The fourth-order valence-corrected chi connectivity index (χ4v) is 4.18. The summed E-state index contributed by atoms with van der Waals surface area (Å²) in [6.07, 6.45) is 2.02. The highest BCUT2D eigenvalue weighted by atomic mass is 35.5. The molecule has 2 aliphatic rings. The Labute approximate surface area is 154 Å². The van der Waals surface area contributed by atoms with Gasteiger partial charge in [0, 0.05) is 38.2 Å². The fraction of sp³-hybridized carbons (Fsp3) is 0.500. The number of fused-ring (bicyclic) bond motifs is 1. The molecular formula is C16H23ClN4O3S. The zero-order valence-electron chi connectivity index (χ0n) is 13.9. The molecule has 0 aliphatic carbocycles. The lowest BCUT2D eigenvalue weighted by atomic mass is 10.2. The highest BCUT2D eigenvalue weighted by molar-refractivity contribution is 7.90. The van der Waals surface area contributed by atoms with Gasteiger partial charge in [-0.2, -0.15) is 0 Å². The number of rotatable bonds is 4. The van der Waals surface area contributed by atoms with Gasteiger partial charge in [-0.15, -0.1) is 12.4 Å². The van der Waals surface area contributed by atoms with Crippen LogP contribution in [0.25, 0.3) is 0 Å². The molecule has 0 saturated carbocycles. The van der Waals surface area contributed by atoms with Crippen molar-refractivity contribution in [2.45, 2.75) is 24.2 Å². The first-order chi connectivity index (χ1) is 11.6. The van der Waals surface area contributed by atoms with E-state index >= 15 is 0 Å². The van der Waals surface area contributed by atoms with E-state index in [1.54, 1.807) is 24.3 Å². The van der Waals surface area contributed by atoms with Crippen molar-refractivity contribution >= 4 is 34.2 Å². The Hall–Kier alpha value is -1.64.